The second-order valence-electron chi connectivity index (χ2n) is 5.52. The molecular weight excluding hydrogens is 421 g/mol. The minimum Gasteiger partial charge on any atom is -0.497 e. The van der Waals surface area contributed by atoms with Crippen LogP contribution in [0.4, 0.5) is 0 Å². The molecule has 1 amide bonds. The van der Waals surface area contributed by atoms with E-state index in [1.54, 1.807) is 43.5 Å². The van der Waals surface area contributed by atoms with E-state index in [2.05, 4.69) is 5.32 Å². The van der Waals surface area contributed by atoms with Crippen LogP contribution in [-0.4, -0.2) is 47.8 Å². The van der Waals surface area contributed by atoms with Gasteiger partial charge in [-0.3, -0.25) is 9.59 Å². The van der Waals surface area contributed by atoms with Crippen LogP contribution in [0.1, 0.15) is 6.92 Å². The molecule has 1 heterocycles. The molecule has 3 atom stereocenters. The summed E-state index contributed by atoms with van der Waals surface area (Å²) in [5.74, 6) is -0.144. The Balaban J connectivity index is 2.13. The summed E-state index contributed by atoms with van der Waals surface area (Å²) in [4.78, 5) is 23.0. The quantitative estimate of drug-likeness (QED) is 0.418. The summed E-state index contributed by atoms with van der Waals surface area (Å²) >= 11 is 16.8. The van der Waals surface area contributed by atoms with Gasteiger partial charge >= 0.3 is 5.97 Å². The zero-order chi connectivity index (χ0) is 20.0. The van der Waals surface area contributed by atoms with Crippen LogP contribution in [0.5, 0.6) is 11.5 Å². The van der Waals surface area contributed by atoms with Gasteiger partial charge in [0.2, 0.25) is 6.29 Å². The largest absolute Gasteiger partial charge is 0.497 e. The first kappa shape index (κ1) is 21.6. The molecule has 0 fully saturated rings. The van der Waals surface area contributed by atoms with Gasteiger partial charge in [0.15, 0.2) is 0 Å². The number of alkyl halides is 3. The van der Waals surface area contributed by atoms with Crippen molar-refractivity contribution >= 4 is 46.7 Å². The number of carbonyl (C=O) groups is 2. The number of carbonyl (C=O) groups excluding carboxylic acids is 2. The van der Waals surface area contributed by atoms with Crippen molar-refractivity contribution in [3.63, 3.8) is 0 Å². The number of methoxy groups -OCH3 is 1. The second-order valence-corrected chi connectivity index (χ2v) is 7.80. The maximum absolute atomic E-state index is 12.0. The van der Waals surface area contributed by atoms with Crippen LogP contribution in [0, 0.1) is 0 Å². The predicted molar refractivity (Wildman–Crippen MR) is 100 cm³/mol. The third-order valence-corrected chi connectivity index (χ3v) is 3.97. The molecule has 7 nitrogen and oxygen atoms in total. The lowest BCUT2D eigenvalue weighted by Gasteiger charge is -2.33. The van der Waals surface area contributed by atoms with Crippen LogP contribution >= 0.6 is 34.8 Å². The van der Waals surface area contributed by atoms with Crippen LogP contribution < -0.4 is 14.8 Å². The predicted octanol–water partition coefficient (Wildman–Crippen LogP) is 2.77. The maximum atomic E-state index is 12.0. The SMILES string of the molecule is COc1ccc(O[C@H]2O[C@H](COC(C)=O)C=C[C@H]2NC(=O)C(Cl)(Cl)Cl)cc1. The van der Waals surface area contributed by atoms with Crippen molar-refractivity contribution in [2.24, 2.45) is 0 Å². The van der Waals surface area contributed by atoms with Crippen molar-refractivity contribution in [3.05, 3.63) is 36.4 Å². The number of esters is 1. The third-order valence-electron chi connectivity index (χ3n) is 3.45. The van der Waals surface area contributed by atoms with Gasteiger partial charge in [0.25, 0.3) is 9.70 Å². The molecule has 1 aliphatic heterocycles. The lowest BCUT2D eigenvalue weighted by molar-refractivity contribution is -0.159. The summed E-state index contributed by atoms with van der Waals surface area (Å²) in [5.41, 5.74) is 0. The highest BCUT2D eigenvalue weighted by atomic mass is 35.6. The van der Waals surface area contributed by atoms with Crippen molar-refractivity contribution in [1.29, 1.82) is 0 Å². The second kappa shape index (κ2) is 9.50. The summed E-state index contributed by atoms with van der Waals surface area (Å²) in [6.45, 7) is 1.29. The minimum absolute atomic E-state index is 0.000567. The summed E-state index contributed by atoms with van der Waals surface area (Å²) < 4.78 is 19.5. The standard InChI is InChI=1S/C17H18Cl3NO6/c1-10(22)25-9-13-7-8-14(21-16(23)17(18,19)20)15(27-13)26-12-5-3-11(24-2)4-6-12/h3-8,13-15H,9H2,1-2H3,(H,21,23)/t13-,14+,15-/m0/s1. The van der Waals surface area contributed by atoms with Gasteiger partial charge in [0.05, 0.1) is 7.11 Å². The fourth-order valence-electron chi connectivity index (χ4n) is 2.17. The van der Waals surface area contributed by atoms with E-state index in [-0.39, 0.29) is 6.61 Å². The topological polar surface area (TPSA) is 83.1 Å². The average molecular weight is 439 g/mol. The number of rotatable bonds is 6. The Kier molecular flexibility index (Phi) is 7.61. The number of nitrogens with one attached hydrogen (secondary N) is 1. The Bertz CT molecular complexity index is 689. The number of hydrogen-bond donors (Lipinski definition) is 1. The highest BCUT2D eigenvalue weighted by molar-refractivity contribution is 6.76. The molecular formula is C17H18Cl3NO6. The van der Waals surface area contributed by atoms with Crippen LogP contribution in [0.15, 0.2) is 36.4 Å². The number of halogens is 3. The fraction of sp³-hybridized carbons (Fsp3) is 0.412. The number of hydrogen-bond acceptors (Lipinski definition) is 6. The van der Waals surface area contributed by atoms with Crippen molar-refractivity contribution < 1.29 is 28.5 Å². The molecule has 0 saturated heterocycles. The molecule has 1 aliphatic rings. The molecule has 2 rings (SSSR count). The highest BCUT2D eigenvalue weighted by Gasteiger charge is 2.37. The molecule has 1 aromatic carbocycles. The van der Waals surface area contributed by atoms with E-state index < -0.39 is 34.1 Å². The Labute approximate surface area is 171 Å². The highest BCUT2D eigenvalue weighted by Crippen LogP contribution is 2.27. The molecule has 0 aliphatic carbocycles. The third kappa shape index (κ3) is 6.77. The molecule has 0 radical (unpaired) electrons. The average Bonchev–Trinajstić information content (AvgIpc) is 2.61. The Hall–Kier alpha value is -1.67. The van der Waals surface area contributed by atoms with E-state index >= 15 is 0 Å². The zero-order valence-corrected chi connectivity index (χ0v) is 16.8. The van der Waals surface area contributed by atoms with E-state index in [1.807, 2.05) is 0 Å². The van der Waals surface area contributed by atoms with Crippen LogP contribution in [-0.2, 0) is 19.1 Å². The molecule has 0 unspecified atom stereocenters. The Morgan fingerprint density at radius 1 is 1.15 bits per heavy atom. The summed E-state index contributed by atoms with van der Waals surface area (Å²) in [5, 5.41) is 2.53. The minimum atomic E-state index is -2.13. The number of benzene rings is 1. The first-order valence-corrected chi connectivity index (χ1v) is 8.98. The molecule has 0 spiro atoms. The molecule has 148 valence electrons. The van der Waals surface area contributed by atoms with Crippen molar-refractivity contribution in [3.8, 4) is 11.5 Å². The van der Waals surface area contributed by atoms with Crippen LogP contribution in [0.3, 0.4) is 0 Å². The fourth-order valence-corrected chi connectivity index (χ4v) is 2.33. The van der Waals surface area contributed by atoms with E-state index in [0.29, 0.717) is 11.5 Å². The molecule has 0 aromatic heterocycles. The van der Waals surface area contributed by atoms with Gasteiger partial charge in [0.1, 0.15) is 30.3 Å². The monoisotopic (exact) mass is 437 g/mol. The number of ether oxygens (including phenoxy) is 4. The zero-order valence-electron chi connectivity index (χ0n) is 14.5. The summed E-state index contributed by atoms with van der Waals surface area (Å²) in [6.07, 6.45) is 1.75. The van der Waals surface area contributed by atoms with Gasteiger partial charge < -0.3 is 24.3 Å². The van der Waals surface area contributed by atoms with Crippen LogP contribution in [0.25, 0.3) is 0 Å². The van der Waals surface area contributed by atoms with E-state index in [1.165, 1.54) is 6.92 Å². The molecule has 0 saturated carbocycles. The van der Waals surface area contributed by atoms with Crippen LogP contribution in [0.2, 0.25) is 0 Å². The van der Waals surface area contributed by atoms with E-state index in [0.717, 1.165) is 0 Å². The first-order chi connectivity index (χ1) is 12.7. The molecule has 1 N–H and O–H groups in total. The van der Waals surface area contributed by atoms with Gasteiger partial charge in [-0.05, 0) is 24.3 Å². The van der Waals surface area contributed by atoms with E-state index in [9.17, 15) is 9.59 Å². The summed E-state index contributed by atoms with van der Waals surface area (Å²) in [6, 6.07) is 6.03. The molecule has 27 heavy (non-hydrogen) atoms. The molecule has 1 aromatic rings. The normalized spacial score (nSPS) is 22.0. The first-order valence-electron chi connectivity index (χ1n) is 7.84. The molecule has 0 bridgehead atoms. The van der Waals surface area contributed by atoms with Crippen molar-refractivity contribution in [1.82, 2.24) is 5.32 Å². The lowest BCUT2D eigenvalue weighted by Crippen LogP contribution is -2.52. The van der Waals surface area contributed by atoms with Crippen molar-refractivity contribution in [2.75, 3.05) is 13.7 Å². The van der Waals surface area contributed by atoms with Gasteiger partial charge in [-0.25, -0.2) is 0 Å². The summed E-state index contributed by atoms with van der Waals surface area (Å²) in [7, 11) is 1.55. The Morgan fingerprint density at radius 3 is 2.33 bits per heavy atom. The molecule has 10 heteroatoms. The Morgan fingerprint density at radius 2 is 1.78 bits per heavy atom. The van der Waals surface area contributed by atoms with Gasteiger partial charge in [-0.2, -0.15) is 0 Å². The van der Waals surface area contributed by atoms with Gasteiger partial charge in [-0.15, -0.1) is 0 Å². The van der Waals surface area contributed by atoms with Gasteiger partial charge in [0, 0.05) is 6.92 Å². The maximum Gasteiger partial charge on any atom is 0.302 e. The van der Waals surface area contributed by atoms with Gasteiger partial charge in [-0.1, -0.05) is 47.0 Å². The number of amides is 1. The van der Waals surface area contributed by atoms with Crippen molar-refractivity contribution in [2.45, 2.75) is 29.2 Å². The lowest BCUT2D eigenvalue weighted by atomic mass is 10.1. The smallest absolute Gasteiger partial charge is 0.302 e. The van der Waals surface area contributed by atoms with E-state index in [4.69, 9.17) is 53.8 Å².